The van der Waals surface area contributed by atoms with Gasteiger partial charge in [0.05, 0.1) is 24.0 Å². The molecule has 6 rings (SSSR count). The minimum atomic E-state index is -1.22. The van der Waals surface area contributed by atoms with Gasteiger partial charge in [0.25, 0.3) is 5.91 Å². The number of hydrogen-bond acceptors (Lipinski definition) is 8. The van der Waals surface area contributed by atoms with Gasteiger partial charge >= 0.3 is 0 Å². The number of carbonyl (C=O) groups is 1. The highest BCUT2D eigenvalue weighted by Gasteiger charge is 2.41. The number of nitrogens with zero attached hydrogens (tertiary/aromatic N) is 6. The predicted molar refractivity (Wildman–Crippen MR) is 132 cm³/mol. The topological polar surface area (TPSA) is 149 Å². The fraction of sp³-hybridized carbons (Fsp3) is 0.320. The number of hydrogen-bond donors (Lipinski definition) is 3. The molecule has 4 N–H and O–H groups in total. The van der Waals surface area contributed by atoms with Crippen molar-refractivity contribution in [2.75, 3.05) is 5.73 Å². The number of fused-ring (bicyclic) bond motifs is 3. The second kappa shape index (κ2) is 8.45. The van der Waals surface area contributed by atoms with Gasteiger partial charge in [0.1, 0.15) is 0 Å². The summed E-state index contributed by atoms with van der Waals surface area (Å²) >= 11 is 0. The molecule has 0 bridgehead atoms. The van der Waals surface area contributed by atoms with Crippen LogP contribution in [0.15, 0.2) is 59.3 Å². The fourth-order valence-corrected chi connectivity index (χ4v) is 4.91. The van der Waals surface area contributed by atoms with Gasteiger partial charge < -0.3 is 20.6 Å². The standard InChI is InChI=1S/C25H26N8O3/c1-25(15-6-3-2-4-7-15,23(35)28-16-9-11-17(34)12-10-16)33-22-18(14-27-33)21-29-20(19-8-5-13-36-19)31-32(21)24(26)30-22/h2-8,13-14,16-17,34H,9-12H2,1H3,(H2,26,30)(H,28,35)/t16-,17+,25?. The van der Waals surface area contributed by atoms with Crippen molar-refractivity contribution in [3.63, 3.8) is 0 Å². The summed E-state index contributed by atoms with van der Waals surface area (Å²) in [6.45, 7) is 1.82. The Kier molecular flexibility index (Phi) is 5.22. The van der Waals surface area contributed by atoms with E-state index in [1.807, 2.05) is 37.3 Å². The van der Waals surface area contributed by atoms with Crippen LogP contribution in [0.25, 0.3) is 28.3 Å². The Morgan fingerprint density at radius 3 is 2.61 bits per heavy atom. The van der Waals surface area contributed by atoms with Gasteiger partial charge in [0.15, 0.2) is 22.6 Å². The molecule has 1 atom stereocenters. The molecule has 1 aromatic carbocycles. The molecule has 1 aliphatic rings. The van der Waals surface area contributed by atoms with E-state index in [0.29, 0.717) is 41.1 Å². The maximum atomic E-state index is 13.9. The van der Waals surface area contributed by atoms with E-state index in [9.17, 15) is 9.90 Å². The number of furan rings is 1. The molecule has 1 amide bonds. The zero-order valence-electron chi connectivity index (χ0n) is 19.7. The second-order valence-corrected chi connectivity index (χ2v) is 9.33. The Morgan fingerprint density at radius 2 is 1.89 bits per heavy atom. The first kappa shape index (κ1) is 22.2. The number of aliphatic hydroxyl groups is 1. The maximum absolute atomic E-state index is 13.9. The molecule has 0 spiro atoms. The van der Waals surface area contributed by atoms with E-state index in [2.05, 4.69) is 25.5 Å². The summed E-state index contributed by atoms with van der Waals surface area (Å²) in [6.07, 6.45) is 5.64. The quantitative estimate of drug-likeness (QED) is 0.343. The van der Waals surface area contributed by atoms with Gasteiger partial charge in [-0.15, -0.1) is 5.10 Å². The van der Waals surface area contributed by atoms with Gasteiger partial charge in [-0.2, -0.15) is 14.6 Å². The molecule has 1 fully saturated rings. The lowest BCUT2D eigenvalue weighted by Gasteiger charge is -2.33. The van der Waals surface area contributed by atoms with Crippen molar-refractivity contribution in [3.05, 3.63) is 60.5 Å². The number of anilines is 1. The molecule has 1 saturated carbocycles. The third-order valence-electron chi connectivity index (χ3n) is 7.00. The van der Waals surface area contributed by atoms with Crippen molar-refractivity contribution >= 4 is 28.5 Å². The van der Waals surface area contributed by atoms with Crippen LogP contribution in [0.1, 0.15) is 38.2 Å². The van der Waals surface area contributed by atoms with Gasteiger partial charge in [-0.3, -0.25) is 4.79 Å². The van der Waals surface area contributed by atoms with E-state index in [1.165, 1.54) is 4.52 Å². The number of aromatic nitrogens is 6. The van der Waals surface area contributed by atoms with Crippen molar-refractivity contribution in [2.45, 2.75) is 50.3 Å². The number of rotatable bonds is 5. The number of amides is 1. The van der Waals surface area contributed by atoms with Gasteiger partial charge in [0, 0.05) is 6.04 Å². The van der Waals surface area contributed by atoms with E-state index in [1.54, 1.807) is 29.3 Å². The van der Waals surface area contributed by atoms with Crippen LogP contribution < -0.4 is 11.1 Å². The summed E-state index contributed by atoms with van der Waals surface area (Å²) in [5, 5.41) is 22.7. The van der Waals surface area contributed by atoms with E-state index >= 15 is 0 Å². The van der Waals surface area contributed by atoms with Crippen molar-refractivity contribution in [1.29, 1.82) is 0 Å². The molecule has 0 radical (unpaired) electrons. The van der Waals surface area contributed by atoms with E-state index in [0.717, 1.165) is 18.4 Å². The highest BCUT2D eigenvalue weighted by Crippen LogP contribution is 2.32. The number of nitrogen functional groups attached to an aromatic ring is 1. The zero-order valence-corrected chi connectivity index (χ0v) is 19.7. The van der Waals surface area contributed by atoms with Crippen molar-refractivity contribution < 1.29 is 14.3 Å². The Morgan fingerprint density at radius 1 is 1.11 bits per heavy atom. The van der Waals surface area contributed by atoms with E-state index in [-0.39, 0.29) is 24.0 Å². The number of nitrogens with one attached hydrogen (secondary N) is 1. The minimum Gasteiger partial charge on any atom is -0.461 e. The summed E-state index contributed by atoms with van der Waals surface area (Å²) in [5.74, 6) is 0.779. The lowest BCUT2D eigenvalue weighted by Crippen LogP contribution is -2.52. The van der Waals surface area contributed by atoms with Crippen molar-refractivity contribution in [1.82, 2.24) is 34.7 Å². The SMILES string of the molecule is CC(C(=O)N[C@H]1CC[C@@H](O)CC1)(c1ccccc1)n1ncc2c1nc(N)n1nc(-c3ccco3)nc21. The molecular formula is C25H26N8O3. The zero-order chi connectivity index (χ0) is 24.9. The lowest BCUT2D eigenvalue weighted by molar-refractivity contribution is -0.128. The molecule has 4 heterocycles. The molecule has 11 nitrogen and oxygen atoms in total. The van der Waals surface area contributed by atoms with Gasteiger partial charge in [-0.1, -0.05) is 30.3 Å². The molecule has 0 saturated heterocycles. The van der Waals surface area contributed by atoms with Gasteiger partial charge in [-0.25, -0.2) is 9.67 Å². The third-order valence-corrected chi connectivity index (χ3v) is 7.00. The average Bonchev–Trinajstić information content (AvgIpc) is 3.65. The molecular weight excluding hydrogens is 460 g/mol. The number of nitrogens with two attached hydrogens (primary N) is 1. The Bertz CT molecular complexity index is 1530. The van der Waals surface area contributed by atoms with E-state index < -0.39 is 5.54 Å². The monoisotopic (exact) mass is 486 g/mol. The van der Waals surface area contributed by atoms with Gasteiger partial charge in [-0.05, 0) is 50.3 Å². The molecule has 11 heteroatoms. The summed E-state index contributed by atoms with van der Waals surface area (Å²) in [5.41, 5.74) is 6.70. The maximum Gasteiger partial charge on any atom is 0.252 e. The first-order chi connectivity index (χ1) is 17.4. The predicted octanol–water partition coefficient (Wildman–Crippen LogP) is 2.50. The summed E-state index contributed by atoms with van der Waals surface area (Å²) in [4.78, 5) is 23.1. The van der Waals surface area contributed by atoms with Crippen LogP contribution in [-0.4, -0.2) is 52.5 Å². The van der Waals surface area contributed by atoms with Crippen LogP contribution in [0.2, 0.25) is 0 Å². The highest BCUT2D eigenvalue weighted by atomic mass is 16.3. The Labute approximate surface area is 205 Å². The van der Waals surface area contributed by atoms with E-state index in [4.69, 9.17) is 10.2 Å². The van der Waals surface area contributed by atoms with Crippen molar-refractivity contribution in [3.8, 4) is 11.6 Å². The molecule has 4 aromatic heterocycles. The Hall–Kier alpha value is -4.25. The largest absolute Gasteiger partial charge is 0.461 e. The van der Waals surface area contributed by atoms with Crippen LogP contribution in [-0.2, 0) is 10.3 Å². The summed E-state index contributed by atoms with van der Waals surface area (Å²) < 4.78 is 8.48. The highest BCUT2D eigenvalue weighted by molar-refractivity contribution is 5.94. The van der Waals surface area contributed by atoms with Crippen LogP contribution in [0.4, 0.5) is 5.95 Å². The number of aliphatic hydroxyl groups excluding tert-OH is 1. The second-order valence-electron chi connectivity index (χ2n) is 9.33. The average molecular weight is 487 g/mol. The van der Waals surface area contributed by atoms with Crippen LogP contribution in [0.5, 0.6) is 0 Å². The summed E-state index contributed by atoms with van der Waals surface area (Å²) in [7, 11) is 0. The normalized spacial score (nSPS) is 19.9. The third kappa shape index (κ3) is 3.51. The molecule has 1 unspecified atom stereocenters. The first-order valence-electron chi connectivity index (χ1n) is 11.9. The van der Waals surface area contributed by atoms with Crippen LogP contribution >= 0.6 is 0 Å². The fourth-order valence-electron chi connectivity index (χ4n) is 4.91. The molecule has 36 heavy (non-hydrogen) atoms. The van der Waals surface area contributed by atoms with Crippen LogP contribution in [0.3, 0.4) is 0 Å². The molecule has 5 aromatic rings. The van der Waals surface area contributed by atoms with Crippen LogP contribution in [0, 0.1) is 0 Å². The minimum absolute atomic E-state index is 0.0251. The molecule has 184 valence electrons. The smallest absolute Gasteiger partial charge is 0.252 e. The molecule has 1 aliphatic carbocycles. The van der Waals surface area contributed by atoms with Crippen molar-refractivity contribution in [2.24, 2.45) is 0 Å². The number of benzene rings is 1. The van der Waals surface area contributed by atoms with Gasteiger partial charge in [0.2, 0.25) is 11.8 Å². The summed E-state index contributed by atoms with van der Waals surface area (Å²) in [6, 6.07) is 13.0. The molecule has 0 aliphatic heterocycles. The first-order valence-corrected chi connectivity index (χ1v) is 11.9. The number of carbonyl (C=O) groups excluding carboxylic acids is 1. The Balaban J connectivity index is 1.48. The lowest BCUT2D eigenvalue weighted by atomic mass is 9.88.